The van der Waals surface area contributed by atoms with Crippen LogP contribution >= 0.6 is 70.6 Å². The van der Waals surface area contributed by atoms with Crippen molar-refractivity contribution < 1.29 is 86.8 Å². The molecule has 0 spiro atoms. The van der Waals surface area contributed by atoms with Gasteiger partial charge in [-0.15, -0.1) is 0 Å². The van der Waals surface area contributed by atoms with Crippen LogP contribution in [0, 0.1) is 0 Å². The number of thioether (sulfide) groups is 6. The van der Waals surface area contributed by atoms with Gasteiger partial charge in [-0.2, -0.15) is 70.6 Å². The number of aliphatic hydroxyl groups is 2. The van der Waals surface area contributed by atoms with E-state index in [-0.39, 0.29) is 87.1 Å². The topological polar surface area (TPSA) is 262 Å². The monoisotopic (exact) mass is 1140 g/mol. The number of aliphatic hydroxyl groups excluding tert-OH is 2. The summed E-state index contributed by atoms with van der Waals surface area (Å²) in [5.74, 6) is 6.78. The highest BCUT2D eigenvalue weighted by atomic mass is 32.2. The minimum absolute atomic E-state index is 0.0266. The van der Waals surface area contributed by atoms with Crippen molar-refractivity contribution in [2.75, 3.05) is 95.5 Å². The predicted molar refractivity (Wildman–Crippen MR) is 293 cm³/mol. The van der Waals surface area contributed by atoms with Crippen molar-refractivity contribution in [3.8, 4) is 0 Å². The van der Waals surface area contributed by atoms with Crippen molar-refractivity contribution >= 4 is 118 Å². The Hall–Kier alpha value is -3.26. The first kappa shape index (κ1) is 69.7. The van der Waals surface area contributed by atoms with Crippen LogP contribution in [-0.4, -0.2) is 189 Å². The Bertz CT molecular complexity index is 1710. The summed E-state index contributed by atoms with van der Waals surface area (Å²) in [6, 6.07) is 0. The number of rotatable bonds is 22. The first-order chi connectivity index (χ1) is 34.6. The van der Waals surface area contributed by atoms with E-state index >= 15 is 0 Å². The smallest absolute Gasteiger partial charge is 0.333 e. The van der Waals surface area contributed by atoms with Crippen molar-refractivity contribution in [2.24, 2.45) is 0 Å². The Morgan fingerprint density at radius 1 is 0.507 bits per heavy atom. The Kier molecular flexibility index (Phi) is 42.0. The molecule has 0 aromatic heterocycles. The van der Waals surface area contributed by atoms with E-state index in [0.717, 1.165) is 63.9 Å². The second kappa shape index (κ2) is 43.9. The molecule has 0 aromatic carbocycles. The normalized spacial score (nSPS) is 16.0. The van der Waals surface area contributed by atoms with Gasteiger partial charge in [0.1, 0.15) is 44.7 Å². The van der Waals surface area contributed by atoms with Gasteiger partial charge in [0, 0.05) is 56.8 Å². The summed E-state index contributed by atoms with van der Waals surface area (Å²) >= 11 is 10.8. The molecule has 3 N–H and O–H groups in total. The maximum absolute atomic E-state index is 12.2. The molecule has 3 saturated heterocycles. The van der Waals surface area contributed by atoms with Gasteiger partial charge in [-0.3, -0.25) is 19.2 Å². The van der Waals surface area contributed by atoms with Crippen LogP contribution in [0.3, 0.4) is 0 Å². The van der Waals surface area contributed by atoms with Gasteiger partial charge in [0.25, 0.3) is 0 Å². The molecule has 73 heavy (non-hydrogen) atoms. The maximum atomic E-state index is 12.2. The quantitative estimate of drug-likeness (QED) is 0.0591. The fourth-order valence-corrected chi connectivity index (χ4v) is 11.6. The SMILES string of the molecule is C=C(C)C(=O)OCC(COC(=O)C(=C)C)OC(=O)CCC(=O)OC1CSCCCSC1.C=C(C)C(=O)OCC(O)COC(=O)C(=C)CC.O=C(O)CCC(=O)OC1CSCCCSC1.OC1CSCCCSC1. The Morgan fingerprint density at radius 3 is 1.19 bits per heavy atom. The van der Waals surface area contributed by atoms with E-state index in [1.807, 2.05) is 23.5 Å². The van der Waals surface area contributed by atoms with Crippen LogP contribution in [0.15, 0.2) is 48.6 Å². The van der Waals surface area contributed by atoms with E-state index in [4.69, 9.17) is 33.5 Å². The summed E-state index contributed by atoms with van der Waals surface area (Å²) in [6.45, 7) is 18.9. The number of esters is 7. The number of carboxylic acid groups (broad SMARTS) is 1. The molecule has 0 amide bonds. The first-order valence-electron chi connectivity index (χ1n) is 23.6. The molecule has 0 aromatic rings. The fourth-order valence-electron chi connectivity index (χ4n) is 4.98. The van der Waals surface area contributed by atoms with Crippen LogP contribution in [0.1, 0.15) is 79.1 Å². The number of hydrogen-bond acceptors (Lipinski definition) is 23. The highest BCUT2D eigenvalue weighted by Gasteiger charge is 2.23. The van der Waals surface area contributed by atoms with Crippen LogP contribution in [0.5, 0.6) is 0 Å². The van der Waals surface area contributed by atoms with E-state index in [2.05, 4.69) is 31.1 Å². The minimum atomic E-state index is -1.05. The third-order valence-electron chi connectivity index (χ3n) is 8.91. The summed E-state index contributed by atoms with van der Waals surface area (Å²) in [4.78, 5) is 91.1. The number of carbonyl (C=O) groups is 8. The zero-order valence-electron chi connectivity index (χ0n) is 42.6. The number of hydrogen-bond donors (Lipinski definition) is 3. The van der Waals surface area contributed by atoms with Gasteiger partial charge in [-0.05, 0) is 81.0 Å². The van der Waals surface area contributed by atoms with Gasteiger partial charge in [0.2, 0.25) is 0 Å². The van der Waals surface area contributed by atoms with E-state index in [1.54, 1.807) is 54.0 Å². The van der Waals surface area contributed by atoms with Crippen molar-refractivity contribution in [3.63, 3.8) is 0 Å². The molecule has 3 rings (SSSR count). The van der Waals surface area contributed by atoms with E-state index in [9.17, 15) is 48.6 Å². The molecule has 3 heterocycles. The second-order valence-corrected chi connectivity index (χ2v) is 23.1. The lowest BCUT2D eigenvalue weighted by atomic mass is 10.2. The molecule has 1 unspecified atom stereocenters. The van der Waals surface area contributed by atoms with Gasteiger partial charge in [-0.25, -0.2) is 19.2 Å². The van der Waals surface area contributed by atoms with Crippen LogP contribution in [-0.2, 0) is 71.5 Å². The molecule has 0 radical (unpaired) electrons. The lowest BCUT2D eigenvalue weighted by Crippen LogP contribution is -2.31. The van der Waals surface area contributed by atoms with Gasteiger partial charge >= 0.3 is 47.8 Å². The average molecular weight is 1150 g/mol. The van der Waals surface area contributed by atoms with Crippen LogP contribution < -0.4 is 0 Å². The predicted octanol–water partition coefficient (Wildman–Crippen LogP) is 6.53. The van der Waals surface area contributed by atoms with Crippen LogP contribution in [0.2, 0.25) is 0 Å². The van der Waals surface area contributed by atoms with Crippen molar-refractivity contribution in [1.82, 2.24) is 0 Å². The van der Waals surface area contributed by atoms with Crippen LogP contribution in [0.4, 0.5) is 0 Å². The van der Waals surface area contributed by atoms with Gasteiger partial charge in [0.15, 0.2) is 6.10 Å². The highest BCUT2D eigenvalue weighted by Crippen LogP contribution is 2.21. The Morgan fingerprint density at radius 2 is 0.836 bits per heavy atom. The van der Waals surface area contributed by atoms with Crippen molar-refractivity contribution in [3.05, 3.63) is 48.6 Å². The third-order valence-corrected chi connectivity index (χ3v) is 16.0. The minimum Gasteiger partial charge on any atom is -0.481 e. The molecule has 3 aliphatic rings. The molecule has 0 bridgehead atoms. The van der Waals surface area contributed by atoms with Gasteiger partial charge < -0.3 is 48.5 Å². The Balaban J connectivity index is 0.00000104. The highest BCUT2D eigenvalue weighted by molar-refractivity contribution is 8.01. The molecule has 3 aliphatic heterocycles. The largest absolute Gasteiger partial charge is 0.481 e. The summed E-state index contributed by atoms with van der Waals surface area (Å²) < 4.78 is 35.3. The number of carboxylic acids is 1. The maximum Gasteiger partial charge on any atom is 0.333 e. The summed E-state index contributed by atoms with van der Waals surface area (Å²) in [5.41, 5.74) is 0.930. The standard InChI is InChI=1S/C21H30O8S2.C12H18O5.C10H16O4S2.C6H12OS2/c1-14(2)20(24)26-10-16(11-27-21(25)15(3)4)28-18(22)6-7-19(23)29-17-12-30-8-5-9-31-13-17;1-5-9(4)12(15)17-7-10(13)6-16-11(14)8(2)3;11-9(12)2-3-10(13)14-8-6-15-4-1-5-16-7-8;7-6-4-8-2-1-3-9-5-6/h16-17H,1,3,5-13H2,2,4H3;10,13H,2,4-7H2,1,3H3;8H,1-7H2,(H,11,12);6-7H,1-5H2. The first-order valence-corrected chi connectivity index (χ1v) is 30.5. The van der Waals surface area contributed by atoms with Crippen molar-refractivity contribution in [1.29, 1.82) is 0 Å². The summed E-state index contributed by atoms with van der Waals surface area (Å²) in [5, 5.41) is 27.0. The van der Waals surface area contributed by atoms with Crippen molar-refractivity contribution in [2.45, 2.75) is 110 Å². The molecule has 0 saturated carbocycles. The molecule has 24 heteroatoms. The summed E-state index contributed by atoms with van der Waals surface area (Å²) in [7, 11) is 0. The summed E-state index contributed by atoms with van der Waals surface area (Å²) in [6.07, 6.45) is 1.28. The molecule has 3 fully saturated rings. The Labute approximate surface area is 456 Å². The lowest BCUT2D eigenvalue weighted by Gasteiger charge is -2.20. The molecule has 1 atom stereocenters. The second-order valence-electron chi connectivity index (χ2n) is 16.2. The third kappa shape index (κ3) is 40.7. The average Bonchev–Trinajstić information content (AvgIpc) is 3.32. The molecular formula is C49H76O18S6. The van der Waals surface area contributed by atoms with Gasteiger partial charge in [-0.1, -0.05) is 33.2 Å². The number of carbonyl (C=O) groups excluding carboxylic acids is 7. The van der Waals surface area contributed by atoms with Gasteiger partial charge in [0.05, 0.1) is 31.8 Å². The number of aliphatic carboxylic acids is 1. The zero-order chi connectivity index (χ0) is 55.0. The zero-order valence-corrected chi connectivity index (χ0v) is 47.5. The molecule has 18 nitrogen and oxygen atoms in total. The number of ether oxygens (including phenoxy) is 7. The molecule has 0 aliphatic carbocycles. The van der Waals surface area contributed by atoms with E-state index < -0.39 is 60.0 Å². The van der Waals surface area contributed by atoms with Crippen LogP contribution in [0.25, 0.3) is 0 Å². The lowest BCUT2D eigenvalue weighted by molar-refractivity contribution is -0.165. The molecule has 416 valence electrons. The fraction of sp³-hybridized carbons (Fsp3) is 0.673. The molecular weight excluding hydrogens is 1070 g/mol. The van der Waals surface area contributed by atoms with E-state index in [0.29, 0.717) is 12.0 Å². The van der Waals surface area contributed by atoms with E-state index in [1.165, 1.54) is 45.1 Å².